The van der Waals surface area contributed by atoms with Crippen molar-refractivity contribution in [2.24, 2.45) is 5.92 Å². The number of amides is 3. The lowest BCUT2D eigenvalue weighted by atomic mass is 9.97. The van der Waals surface area contributed by atoms with Crippen LogP contribution in [0, 0.1) is 5.92 Å². The summed E-state index contributed by atoms with van der Waals surface area (Å²) in [4.78, 5) is 37.6. The molecule has 27 heavy (non-hydrogen) atoms. The van der Waals surface area contributed by atoms with Crippen LogP contribution in [0.25, 0.3) is 0 Å². The van der Waals surface area contributed by atoms with Crippen molar-refractivity contribution in [1.29, 1.82) is 0 Å². The molecule has 1 atom stereocenters. The van der Waals surface area contributed by atoms with Crippen molar-refractivity contribution < 1.29 is 19.1 Å². The Morgan fingerprint density at radius 3 is 2.30 bits per heavy atom. The number of nitrogens with zero attached hydrogens (tertiary/aromatic N) is 1. The largest absolute Gasteiger partial charge is 0.444 e. The van der Waals surface area contributed by atoms with Crippen molar-refractivity contribution in [3.05, 3.63) is 36.9 Å². The number of likely N-dealkylation sites (tertiary alicyclic amines) is 1. The maximum absolute atomic E-state index is 12.6. The highest BCUT2D eigenvalue weighted by Crippen LogP contribution is 2.21. The third-order valence-electron chi connectivity index (χ3n) is 4.05. The molecule has 1 aromatic rings. The highest BCUT2D eigenvalue weighted by molar-refractivity contribution is 5.99. The lowest BCUT2D eigenvalue weighted by Gasteiger charge is -2.33. The van der Waals surface area contributed by atoms with Crippen LogP contribution in [0.4, 0.5) is 16.2 Å². The first-order valence-corrected chi connectivity index (χ1v) is 9.00. The summed E-state index contributed by atoms with van der Waals surface area (Å²) in [6.45, 7) is 9.79. The van der Waals surface area contributed by atoms with Crippen molar-refractivity contribution in [2.45, 2.75) is 39.2 Å². The molecule has 0 aliphatic carbocycles. The standard InChI is InChI=1S/C20H27N3O4/c1-5-17(24)21-15-8-10-16(11-9-15)22-18(25)14-7-6-12-23(13-14)19(26)27-20(2,3)4/h5,8-11,14H,1,6-7,12-13H2,2-4H3,(H,21,24)(H,22,25). The van der Waals surface area contributed by atoms with Gasteiger partial charge in [0.05, 0.1) is 5.92 Å². The molecule has 1 fully saturated rings. The first kappa shape index (κ1) is 20.5. The van der Waals surface area contributed by atoms with Gasteiger partial charge in [-0.15, -0.1) is 0 Å². The average Bonchev–Trinajstić information content (AvgIpc) is 2.62. The van der Waals surface area contributed by atoms with Gasteiger partial charge in [0.25, 0.3) is 0 Å². The molecule has 2 N–H and O–H groups in total. The number of benzene rings is 1. The summed E-state index contributed by atoms with van der Waals surface area (Å²) in [7, 11) is 0. The highest BCUT2D eigenvalue weighted by Gasteiger charge is 2.31. The fourth-order valence-corrected chi connectivity index (χ4v) is 2.76. The number of anilines is 2. The number of carbonyl (C=O) groups is 3. The van der Waals surface area contributed by atoms with Gasteiger partial charge in [-0.2, -0.15) is 0 Å². The maximum Gasteiger partial charge on any atom is 0.410 e. The van der Waals surface area contributed by atoms with Crippen LogP contribution in [0.3, 0.4) is 0 Å². The molecule has 0 spiro atoms. The van der Waals surface area contributed by atoms with Gasteiger partial charge in [-0.25, -0.2) is 4.79 Å². The first-order valence-electron chi connectivity index (χ1n) is 9.00. The van der Waals surface area contributed by atoms with Crippen LogP contribution in [0.2, 0.25) is 0 Å². The Balaban J connectivity index is 1.92. The van der Waals surface area contributed by atoms with Crippen molar-refractivity contribution in [1.82, 2.24) is 4.90 Å². The van der Waals surface area contributed by atoms with Gasteiger partial charge >= 0.3 is 6.09 Å². The second kappa shape index (κ2) is 8.70. The van der Waals surface area contributed by atoms with E-state index in [9.17, 15) is 14.4 Å². The molecule has 1 aliphatic rings. The summed E-state index contributed by atoms with van der Waals surface area (Å²) >= 11 is 0. The molecule has 146 valence electrons. The van der Waals surface area contributed by atoms with Gasteiger partial charge in [0.1, 0.15) is 5.60 Å². The molecule has 0 aromatic heterocycles. The van der Waals surface area contributed by atoms with Crippen molar-refractivity contribution >= 4 is 29.3 Å². The number of rotatable bonds is 4. The molecule has 0 bridgehead atoms. The second-order valence-electron chi connectivity index (χ2n) is 7.53. The van der Waals surface area contributed by atoms with Crippen LogP contribution in [0.1, 0.15) is 33.6 Å². The van der Waals surface area contributed by atoms with E-state index in [0.717, 1.165) is 12.8 Å². The Labute approximate surface area is 159 Å². The average molecular weight is 373 g/mol. The molecule has 1 heterocycles. The van der Waals surface area contributed by atoms with E-state index < -0.39 is 5.60 Å². The second-order valence-corrected chi connectivity index (χ2v) is 7.53. The molecule has 7 heteroatoms. The number of hydrogen-bond donors (Lipinski definition) is 2. The van der Waals surface area contributed by atoms with E-state index in [1.807, 2.05) is 20.8 Å². The monoisotopic (exact) mass is 373 g/mol. The smallest absolute Gasteiger partial charge is 0.410 e. The Morgan fingerprint density at radius 1 is 1.15 bits per heavy atom. The van der Waals surface area contributed by atoms with Gasteiger partial charge in [-0.05, 0) is 64.0 Å². The maximum atomic E-state index is 12.6. The minimum Gasteiger partial charge on any atom is -0.444 e. The predicted molar refractivity (Wildman–Crippen MR) is 104 cm³/mol. The van der Waals surface area contributed by atoms with E-state index in [1.54, 1.807) is 29.2 Å². The fourth-order valence-electron chi connectivity index (χ4n) is 2.76. The first-order chi connectivity index (χ1) is 12.7. The summed E-state index contributed by atoms with van der Waals surface area (Å²) in [5.41, 5.74) is 0.687. The van der Waals surface area contributed by atoms with E-state index >= 15 is 0 Å². The van der Waals surface area contributed by atoms with E-state index in [2.05, 4.69) is 17.2 Å². The lowest BCUT2D eigenvalue weighted by molar-refractivity contribution is -0.121. The lowest BCUT2D eigenvalue weighted by Crippen LogP contribution is -2.45. The van der Waals surface area contributed by atoms with Crippen molar-refractivity contribution in [3.8, 4) is 0 Å². The Hall–Kier alpha value is -2.83. The van der Waals surface area contributed by atoms with Crippen LogP contribution in [-0.2, 0) is 14.3 Å². The molecule has 7 nitrogen and oxygen atoms in total. The summed E-state index contributed by atoms with van der Waals surface area (Å²) < 4.78 is 5.39. The summed E-state index contributed by atoms with van der Waals surface area (Å²) in [5.74, 6) is -0.714. The van der Waals surface area contributed by atoms with E-state index in [4.69, 9.17) is 4.74 Å². The molecule has 1 unspecified atom stereocenters. The topological polar surface area (TPSA) is 87.7 Å². The van der Waals surface area contributed by atoms with Crippen molar-refractivity contribution in [3.63, 3.8) is 0 Å². The van der Waals surface area contributed by atoms with Gasteiger partial charge < -0.3 is 20.3 Å². The van der Waals surface area contributed by atoms with E-state index in [1.165, 1.54) is 6.08 Å². The van der Waals surface area contributed by atoms with E-state index in [0.29, 0.717) is 24.5 Å². The zero-order valence-corrected chi connectivity index (χ0v) is 16.1. The van der Waals surface area contributed by atoms with Crippen LogP contribution in [0.15, 0.2) is 36.9 Å². The zero-order chi connectivity index (χ0) is 20.0. The quantitative estimate of drug-likeness (QED) is 0.792. The predicted octanol–water partition coefficient (Wildman–Crippen LogP) is 3.40. The van der Waals surface area contributed by atoms with Gasteiger partial charge in [0.15, 0.2) is 0 Å². The minimum absolute atomic E-state index is 0.133. The summed E-state index contributed by atoms with van der Waals surface area (Å²) in [5, 5.41) is 5.51. The number of ether oxygens (including phenoxy) is 1. The minimum atomic E-state index is -0.560. The molecule has 0 saturated carbocycles. The molecule has 2 rings (SSSR count). The van der Waals surface area contributed by atoms with Crippen LogP contribution < -0.4 is 10.6 Å². The van der Waals surface area contributed by atoms with Crippen molar-refractivity contribution in [2.75, 3.05) is 23.7 Å². The number of nitrogens with one attached hydrogen (secondary N) is 2. The number of hydrogen-bond acceptors (Lipinski definition) is 4. The third kappa shape index (κ3) is 6.44. The zero-order valence-electron chi connectivity index (χ0n) is 16.1. The molecule has 3 amide bonds. The number of carbonyl (C=O) groups excluding carboxylic acids is 3. The van der Waals surface area contributed by atoms with Crippen LogP contribution >= 0.6 is 0 Å². The molecule has 0 radical (unpaired) electrons. The van der Waals surface area contributed by atoms with Crippen LogP contribution in [-0.4, -0.2) is 41.5 Å². The van der Waals surface area contributed by atoms with Crippen LogP contribution in [0.5, 0.6) is 0 Å². The molecule has 1 aromatic carbocycles. The molecular formula is C20H27N3O4. The highest BCUT2D eigenvalue weighted by atomic mass is 16.6. The Kier molecular flexibility index (Phi) is 6.60. The fraction of sp³-hybridized carbons (Fsp3) is 0.450. The summed E-state index contributed by atoms with van der Waals surface area (Å²) in [6, 6.07) is 6.83. The summed E-state index contributed by atoms with van der Waals surface area (Å²) in [6.07, 6.45) is 2.28. The molecule has 1 aliphatic heterocycles. The third-order valence-corrected chi connectivity index (χ3v) is 4.05. The Bertz CT molecular complexity index is 707. The SMILES string of the molecule is C=CC(=O)Nc1ccc(NC(=O)C2CCCN(C(=O)OC(C)(C)C)C2)cc1. The number of piperidine rings is 1. The molecule has 1 saturated heterocycles. The van der Waals surface area contributed by atoms with Gasteiger partial charge in [0, 0.05) is 24.5 Å². The normalized spacial score (nSPS) is 17.0. The van der Waals surface area contributed by atoms with Gasteiger partial charge in [0.2, 0.25) is 11.8 Å². The van der Waals surface area contributed by atoms with Gasteiger partial charge in [-0.1, -0.05) is 6.58 Å². The molecular weight excluding hydrogens is 346 g/mol. The van der Waals surface area contributed by atoms with E-state index in [-0.39, 0.29) is 23.8 Å². The Morgan fingerprint density at radius 2 is 1.74 bits per heavy atom. The van der Waals surface area contributed by atoms with Gasteiger partial charge in [-0.3, -0.25) is 9.59 Å².